The van der Waals surface area contributed by atoms with Gasteiger partial charge in [0.1, 0.15) is 11.0 Å². The van der Waals surface area contributed by atoms with Crippen LogP contribution < -0.4 is 5.32 Å². The van der Waals surface area contributed by atoms with Crippen LogP contribution in [-0.2, 0) is 0 Å². The van der Waals surface area contributed by atoms with E-state index < -0.39 is 0 Å². The van der Waals surface area contributed by atoms with E-state index in [1.807, 2.05) is 24.3 Å². The number of H-pyrrole nitrogens is 1. The SMILES string of the molecule is S=c1ncc2c([nH]1)Nc1ccccc1N=C2Cl. The van der Waals surface area contributed by atoms with Crippen molar-refractivity contribution in [1.29, 1.82) is 0 Å². The third-order valence-corrected chi connectivity index (χ3v) is 2.91. The summed E-state index contributed by atoms with van der Waals surface area (Å²) in [5.41, 5.74) is 2.37. The third kappa shape index (κ3) is 1.83. The average molecular weight is 263 g/mol. The van der Waals surface area contributed by atoms with Crippen LogP contribution in [0.4, 0.5) is 17.2 Å². The largest absolute Gasteiger partial charge is 0.339 e. The zero-order valence-electron chi connectivity index (χ0n) is 8.57. The summed E-state index contributed by atoms with van der Waals surface area (Å²) in [6, 6.07) is 7.65. The summed E-state index contributed by atoms with van der Waals surface area (Å²) in [6.07, 6.45) is 1.61. The average Bonchev–Trinajstić information content (AvgIpc) is 2.44. The number of nitrogens with one attached hydrogen (secondary N) is 2. The second-order valence-electron chi connectivity index (χ2n) is 3.52. The Hall–Kier alpha value is -1.72. The van der Waals surface area contributed by atoms with E-state index in [-0.39, 0.29) is 0 Å². The van der Waals surface area contributed by atoms with E-state index in [4.69, 9.17) is 23.8 Å². The highest BCUT2D eigenvalue weighted by molar-refractivity contribution is 7.71. The van der Waals surface area contributed by atoms with Crippen molar-refractivity contribution in [2.45, 2.75) is 0 Å². The molecule has 0 saturated heterocycles. The Morgan fingerprint density at radius 2 is 2.06 bits per heavy atom. The van der Waals surface area contributed by atoms with Gasteiger partial charge in [0.25, 0.3) is 0 Å². The molecule has 4 nitrogen and oxygen atoms in total. The van der Waals surface area contributed by atoms with Gasteiger partial charge in [0, 0.05) is 6.20 Å². The molecule has 1 aliphatic heterocycles. The molecule has 1 aliphatic rings. The molecule has 2 aromatic rings. The highest BCUT2D eigenvalue weighted by atomic mass is 35.5. The van der Waals surface area contributed by atoms with Gasteiger partial charge in [-0.05, 0) is 24.4 Å². The molecule has 0 saturated carbocycles. The number of halogens is 1. The van der Waals surface area contributed by atoms with Crippen LogP contribution in [0.15, 0.2) is 35.5 Å². The molecular weight excluding hydrogens is 256 g/mol. The minimum atomic E-state index is 0.385. The van der Waals surface area contributed by atoms with E-state index in [2.05, 4.69) is 20.3 Å². The van der Waals surface area contributed by atoms with Gasteiger partial charge in [-0.2, -0.15) is 0 Å². The first-order valence-corrected chi connectivity index (χ1v) is 5.72. The Morgan fingerprint density at radius 3 is 2.94 bits per heavy atom. The second kappa shape index (κ2) is 3.94. The Labute approximate surface area is 107 Å². The number of benzene rings is 1. The lowest BCUT2D eigenvalue weighted by Crippen LogP contribution is -2.01. The summed E-state index contributed by atoms with van der Waals surface area (Å²) in [5, 5.41) is 3.60. The first-order valence-electron chi connectivity index (χ1n) is 4.94. The molecule has 0 aliphatic carbocycles. The first-order chi connectivity index (χ1) is 8.24. The van der Waals surface area contributed by atoms with Gasteiger partial charge in [-0.1, -0.05) is 23.7 Å². The van der Waals surface area contributed by atoms with Crippen LogP contribution in [0, 0.1) is 4.77 Å². The lowest BCUT2D eigenvalue weighted by Gasteiger charge is -2.07. The Bertz CT molecular complexity index is 677. The molecule has 2 heterocycles. The van der Waals surface area contributed by atoms with Crippen LogP contribution in [0.25, 0.3) is 0 Å². The fraction of sp³-hybridized carbons (Fsp3) is 0. The molecular formula is C11H7ClN4S. The van der Waals surface area contributed by atoms with Crippen molar-refractivity contribution in [2.75, 3.05) is 5.32 Å². The van der Waals surface area contributed by atoms with E-state index >= 15 is 0 Å². The number of aromatic amines is 1. The van der Waals surface area contributed by atoms with Crippen molar-refractivity contribution in [1.82, 2.24) is 9.97 Å². The number of rotatable bonds is 0. The fourth-order valence-electron chi connectivity index (χ4n) is 1.63. The van der Waals surface area contributed by atoms with E-state index in [1.165, 1.54) is 0 Å². The summed E-state index contributed by atoms with van der Waals surface area (Å²) in [4.78, 5) is 11.3. The van der Waals surface area contributed by atoms with Crippen molar-refractivity contribution in [3.8, 4) is 0 Å². The van der Waals surface area contributed by atoms with E-state index in [1.54, 1.807) is 6.20 Å². The van der Waals surface area contributed by atoms with Gasteiger partial charge in [0.05, 0.1) is 16.9 Å². The number of fused-ring (bicyclic) bond motifs is 2. The highest BCUT2D eigenvalue weighted by Crippen LogP contribution is 2.33. The number of aliphatic imine (C=N–C) groups is 1. The number of para-hydroxylation sites is 2. The normalized spacial score (nSPS) is 12.9. The lowest BCUT2D eigenvalue weighted by molar-refractivity contribution is 1.13. The monoisotopic (exact) mass is 262 g/mol. The summed E-state index contributed by atoms with van der Waals surface area (Å²) in [7, 11) is 0. The topological polar surface area (TPSA) is 53.1 Å². The van der Waals surface area contributed by atoms with Crippen LogP contribution in [-0.4, -0.2) is 15.1 Å². The first kappa shape index (κ1) is 10.4. The van der Waals surface area contributed by atoms with E-state index in [0.29, 0.717) is 21.3 Å². The maximum atomic E-state index is 6.15. The molecule has 6 heteroatoms. The molecule has 0 spiro atoms. The van der Waals surface area contributed by atoms with Gasteiger partial charge in [0.2, 0.25) is 0 Å². The number of aromatic nitrogens is 2. The van der Waals surface area contributed by atoms with Crippen molar-refractivity contribution >= 4 is 46.2 Å². The van der Waals surface area contributed by atoms with Gasteiger partial charge >= 0.3 is 0 Å². The minimum absolute atomic E-state index is 0.385. The van der Waals surface area contributed by atoms with Crippen LogP contribution >= 0.6 is 23.8 Å². The number of nitrogens with zero attached hydrogens (tertiary/aromatic N) is 2. The molecule has 0 atom stereocenters. The molecule has 0 radical (unpaired) electrons. The molecule has 0 fully saturated rings. The zero-order chi connectivity index (χ0) is 11.8. The van der Waals surface area contributed by atoms with Crippen molar-refractivity contribution < 1.29 is 0 Å². The van der Waals surface area contributed by atoms with Gasteiger partial charge in [0.15, 0.2) is 4.77 Å². The van der Waals surface area contributed by atoms with Gasteiger partial charge in [-0.3, -0.25) is 0 Å². The Kier molecular flexibility index (Phi) is 2.42. The van der Waals surface area contributed by atoms with Crippen molar-refractivity contribution in [3.05, 3.63) is 40.8 Å². The maximum absolute atomic E-state index is 6.15. The van der Waals surface area contributed by atoms with Crippen molar-refractivity contribution in [2.24, 2.45) is 4.99 Å². The summed E-state index contributed by atoms with van der Waals surface area (Å²) >= 11 is 11.1. The fourth-order valence-corrected chi connectivity index (χ4v) is 2.02. The van der Waals surface area contributed by atoms with Gasteiger partial charge in [-0.25, -0.2) is 9.98 Å². The standard InChI is InChI=1S/C11H7ClN4S/c12-9-6-5-13-11(17)16-10(6)15-8-4-2-1-3-7(8)14-9/h1-5H,(H2,13,15,16,17). The quantitative estimate of drug-likeness (QED) is 0.715. The van der Waals surface area contributed by atoms with Gasteiger partial charge in [-0.15, -0.1) is 0 Å². The molecule has 2 N–H and O–H groups in total. The molecule has 0 bridgehead atoms. The minimum Gasteiger partial charge on any atom is -0.339 e. The number of hydrogen-bond donors (Lipinski definition) is 2. The molecule has 0 unspecified atom stereocenters. The Balaban J connectivity index is 2.28. The zero-order valence-corrected chi connectivity index (χ0v) is 10.1. The number of anilines is 2. The van der Waals surface area contributed by atoms with Gasteiger partial charge < -0.3 is 10.3 Å². The lowest BCUT2D eigenvalue weighted by atomic mass is 10.3. The predicted octanol–water partition coefficient (Wildman–Crippen LogP) is 3.51. The summed E-state index contributed by atoms with van der Waals surface area (Å²) in [5.74, 6) is 0.712. The van der Waals surface area contributed by atoms with Crippen LogP contribution in [0.5, 0.6) is 0 Å². The molecule has 1 aromatic carbocycles. The highest BCUT2D eigenvalue weighted by Gasteiger charge is 2.15. The summed E-state index contributed by atoms with van der Waals surface area (Å²) < 4.78 is 0.403. The molecule has 84 valence electrons. The molecule has 1 aromatic heterocycles. The molecule has 3 rings (SSSR count). The van der Waals surface area contributed by atoms with Crippen molar-refractivity contribution in [3.63, 3.8) is 0 Å². The molecule has 17 heavy (non-hydrogen) atoms. The third-order valence-electron chi connectivity index (χ3n) is 2.42. The summed E-state index contributed by atoms with van der Waals surface area (Å²) in [6.45, 7) is 0. The predicted molar refractivity (Wildman–Crippen MR) is 71.2 cm³/mol. The Morgan fingerprint density at radius 1 is 1.24 bits per heavy atom. The second-order valence-corrected chi connectivity index (χ2v) is 4.27. The van der Waals surface area contributed by atoms with Crippen LogP contribution in [0.3, 0.4) is 0 Å². The van der Waals surface area contributed by atoms with E-state index in [0.717, 1.165) is 11.4 Å². The smallest absolute Gasteiger partial charge is 0.198 e. The van der Waals surface area contributed by atoms with Crippen LogP contribution in [0.2, 0.25) is 0 Å². The maximum Gasteiger partial charge on any atom is 0.198 e. The number of hydrogen-bond acceptors (Lipinski definition) is 4. The van der Waals surface area contributed by atoms with Crippen LogP contribution in [0.1, 0.15) is 5.56 Å². The van der Waals surface area contributed by atoms with E-state index in [9.17, 15) is 0 Å². The molecule has 0 amide bonds.